The number of aryl methyl sites for hydroxylation is 2. The van der Waals surface area contributed by atoms with Gasteiger partial charge in [-0.15, -0.1) is 0 Å². The van der Waals surface area contributed by atoms with Crippen molar-refractivity contribution < 1.29 is 0 Å². The average molecular weight is 312 g/mol. The number of pyridine rings is 1. The molecule has 2 aromatic heterocycles. The Balaban J connectivity index is 2.36. The second-order valence-corrected chi connectivity index (χ2v) is 5.50. The number of nitrogens with zero attached hydrogens (tertiary/aromatic N) is 2. The minimum absolute atomic E-state index is 0.252. The van der Waals surface area contributed by atoms with Crippen molar-refractivity contribution in [2.45, 2.75) is 13.8 Å². The van der Waals surface area contributed by atoms with Crippen LogP contribution in [0.3, 0.4) is 0 Å². The minimum Gasteiger partial charge on any atom is -0.267 e. The van der Waals surface area contributed by atoms with E-state index in [-0.39, 0.29) is 5.56 Å². The Morgan fingerprint density at radius 1 is 1.05 bits per heavy atom. The van der Waals surface area contributed by atoms with Crippen LogP contribution in [0.1, 0.15) is 11.3 Å². The van der Waals surface area contributed by atoms with Gasteiger partial charge in [-0.1, -0.05) is 29.8 Å². The van der Waals surface area contributed by atoms with Crippen LogP contribution >= 0.6 is 11.6 Å². The van der Waals surface area contributed by atoms with Crippen molar-refractivity contribution in [3.05, 3.63) is 69.2 Å². The van der Waals surface area contributed by atoms with Gasteiger partial charge in [0.15, 0.2) is 0 Å². The van der Waals surface area contributed by atoms with Gasteiger partial charge in [0.25, 0.3) is 5.56 Å². The number of benzene rings is 1. The first-order valence-corrected chi connectivity index (χ1v) is 7.23. The number of aromatic amines is 1. The molecule has 22 heavy (non-hydrogen) atoms. The van der Waals surface area contributed by atoms with Crippen LogP contribution < -0.4 is 5.56 Å². The van der Waals surface area contributed by atoms with Gasteiger partial charge >= 0.3 is 0 Å². The van der Waals surface area contributed by atoms with Crippen LogP contribution in [0.5, 0.6) is 0 Å². The van der Waals surface area contributed by atoms with Crippen LogP contribution in [0.4, 0.5) is 0 Å². The summed E-state index contributed by atoms with van der Waals surface area (Å²) in [6.07, 6.45) is 1.68. The summed E-state index contributed by atoms with van der Waals surface area (Å²) in [5, 5.41) is 7.29. The second kappa shape index (κ2) is 5.73. The molecule has 0 atom stereocenters. The molecule has 0 aliphatic carbocycles. The van der Waals surface area contributed by atoms with Gasteiger partial charge in [-0.3, -0.25) is 9.78 Å². The quantitative estimate of drug-likeness (QED) is 0.783. The first-order chi connectivity index (χ1) is 10.6. The molecule has 1 aromatic carbocycles. The number of rotatable bonds is 2. The fourth-order valence-corrected chi connectivity index (χ4v) is 2.61. The smallest absolute Gasteiger partial charge is 0.267 e. The van der Waals surface area contributed by atoms with E-state index in [1.807, 2.05) is 38.1 Å². The average Bonchev–Trinajstić information content (AvgIpc) is 2.51. The summed E-state index contributed by atoms with van der Waals surface area (Å²) in [5.74, 6) is 0. The van der Waals surface area contributed by atoms with E-state index < -0.39 is 0 Å². The van der Waals surface area contributed by atoms with Gasteiger partial charge in [0.1, 0.15) is 0 Å². The maximum absolute atomic E-state index is 12.4. The SMILES string of the molecule is Cc1cccnc1-c1c(-c2ccc(Cl)cc2)c(C)n[nH]c1=O. The molecule has 0 aliphatic heterocycles. The third kappa shape index (κ3) is 2.53. The minimum atomic E-state index is -0.252. The van der Waals surface area contributed by atoms with Gasteiger partial charge in [-0.2, -0.15) is 5.10 Å². The molecule has 0 unspecified atom stereocenters. The summed E-state index contributed by atoms with van der Waals surface area (Å²) in [6, 6.07) is 11.1. The standard InChI is InChI=1S/C17H14ClN3O/c1-10-4-3-9-19-16(10)15-14(11(2)20-21-17(15)22)12-5-7-13(18)8-6-12/h3-9H,1-2H3,(H,21,22). The molecule has 0 amide bonds. The molecule has 1 N–H and O–H groups in total. The number of halogens is 1. The van der Waals surface area contributed by atoms with E-state index in [0.29, 0.717) is 16.3 Å². The van der Waals surface area contributed by atoms with E-state index in [1.165, 1.54) is 0 Å². The zero-order valence-corrected chi connectivity index (χ0v) is 13.0. The Kier molecular flexibility index (Phi) is 3.77. The summed E-state index contributed by atoms with van der Waals surface area (Å²) >= 11 is 5.96. The predicted octanol–water partition coefficient (Wildman–Crippen LogP) is 3.77. The van der Waals surface area contributed by atoms with Crippen molar-refractivity contribution in [2.75, 3.05) is 0 Å². The molecule has 5 heteroatoms. The largest absolute Gasteiger partial charge is 0.274 e. The zero-order chi connectivity index (χ0) is 15.7. The summed E-state index contributed by atoms with van der Waals surface area (Å²) in [4.78, 5) is 16.8. The van der Waals surface area contributed by atoms with Gasteiger partial charge in [0.2, 0.25) is 0 Å². The van der Waals surface area contributed by atoms with E-state index in [4.69, 9.17) is 11.6 Å². The Morgan fingerprint density at radius 3 is 2.45 bits per heavy atom. The summed E-state index contributed by atoms with van der Waals surface area (Å²) in [6.45, 7) is 3.80. The van der Waals surface area contributed by atoms with Gasteiger partial charge < -0.3 is 0 Å². The van der Waals surface area contributed by atoms with Crippen LogP contribution in [0.15, 0.2) is 47.4 Å². The second-order valence-electron chi connectivity index (χ2n) is 5.06. The van der Waals surface area contributed by atoms with Crippen molar-refractivity contribution in [3.63, 3.8) is 0 Å². The maximum atomic E-state index is 12.4. The van der Waals surface area contributed by atoms with Crippen molar-refractivity contribution in [1.29, 1.82) is 0 Å². The summed E-state index contributed by atoms with van der Waals surface area (Å²) < 4.78 is 0. The van der Waals surface area contributed by atoms with Crippen molar-refractivity contribution >= 4 is 11.6 Å². The molecule has 0 fully saturated rings. The fourth-order valence-electron chi connectivity index (χ4n) is 2.48. The van der Waals surface area contributed by atoms with Gasteiger partial charge in [-0.05, 0) is 43.2 Å². The molecule has 110 valence electrons. The first kappa shape index (κ1) is 14.5. The van der Waals surface area contributed by atoms with Crippen molar-refractivity contribution in [2.24, 2.45) is 0 Å². The molecule has 0 spiro atoms. The highest BCUT2D eigenvalue weighted by molar-refractivity contribution is 6.30. The molecular formula is C17H14ClN3O. The molecule has 0 aliphatic rings. The molecule has 3 aromatic rings. The van der Waals surface area contributed by atoms with Crippen LogP contribution in [0, 0.1) is 13.8 Å². The zero-order valence-electron chi connectivity index (χ0n) is 12.2. The Hall–Kier alpha value is -2.46. The van der Waals surface area contributed by atoms with Gasteiger partial charge in [0.05, 0.1) is 17.0 Å². The lowest BCUT2D eigenvalue weighted by atomic mass is 9.96. The molecule has 0 saturated heterocycles. The van der Waals surface area contributed by atoms with E-state index in [0.717, 1.165) is 22.4 Å². The molecule has 3 rings (SSSR count). The summed E-state index contributed by atoms with van der Waals surface area (Å²) in [7, 11) is 0. The molecular weight excluding hydrogens is 298 g/mol. The Morgan fingerprint density at radius 2 is 1.77 bits per heavy atom. The third-order valence-corrected chi connectivity index (χ3v) is 3.80. The maximum Gasteiger partial charge on any atom is 0.274 e. The van der Waals surface area contributed by atoms with Crippen molar-refractivity contribution in [1.82, 2.24) is 15.2 Å². The van der Waals surface area contributed by atoms with Gasteiger partial charge in [0, 0.05) is 16.8 Å². The monoisotopic (exact) mass is 311 g/mol. The topological polar surface area (TPSA) is 58.6 Å². The molecule has 0 radical (unpaired) electrons. The number of nitrogens with one attached hydrogen (secondary N) is 1. The Bertz CT molecular complexity index is 885. The molecule has 4 nitrogen and oxygen atoms in total. The molecule has 2 heterocycles. The normalized spacial score (nSPS) is 10.7. The summed E-state index contributed by atoms with van der Waals surface area (Å²) in [5.41, 5.74) is 4.29. The fraction of sp³-hybridized carbons (Fsp3) is 0.118. The Labute approximate surface area is 132 Å². The number of hydrogen-bond acceptors (Lipinski definition) is 3. The van der Waals surface area contributed by atoms with Crippen LogP contribution in [-0.2, 0) is 0 Å². The van der Waals surface area contributed by atoms with Gasteiger partial charge in [-0.25, -0.2) is 5.10 Å². The molecule has 0 bridgehead atoms. The highest BCUT2D eigenvalue weighted by Gasteiger charge is 2.18. The van der Waals surface area contributed by atoms with Crippen molar-refractivity contribution in [3.8, 4) is 22.4 Å². The van der Waals surface area contributed by atoms with E-state index in [1.54, 1.807) is 18.3 Å². The lowest BCUT2D eigenvalue weighted by Crippen LogP contribution is -2.15. The first-order valence-electron chi connectivity index (χ1n) is 6.85. The van der Waals surface area contributed by atoms with Crippen LogP contribution in [-0.4, -0.2) is 15.2 Å². The van der Waals surface area contributed by atoms with Crippen LogP contribution in [0.25, 0.3) is 22.4 Å². The lowest BCUT2D eigenvalue weighted by Gasteiger charge is -2.12. The lowest BCUT2D eigenvalue weighted by molar-refractivity contribution is 0.949. The van der Waals surface area contributed by atoms with Crippen LogP contribution in [0.2, 0.25) is 5.02 Å². The number of aromatic nitrogens is 3. The van der Waals surface area contributed by atoms with E-state index in [9.17, 15) is 4.79 Å². The highest BCUT2D eigenvalue weighted by Crippen LogP contribution is 2.31. The third-order valence-electron chi connectivity index (χ3n) is 3.54. The van der Waals surface area contributed by atoms with E-state index >= 15 is 0 Å². The number of H-pyrrole nitrogens is 1. The molecule has 0 saturated carbocycles. The highest BCUT2D eigenvalue weighted by atomic mass is 35.5. The number of hydrogen-bond donors (Lipinski definition) is 1. The predicted molar refractivity (Wildman–Crippen MR) is 88.0 cm³/mol. The van der Waals surface area contributed by atoms with E-state index in [2.05, 4.69) is 15.2 Å².